The van der Waals surface area contributed by atoms with Crippen LogP contribution in [0.3, 0.4) is 0 Å². The van der Waals surface area contributed by atoms with E-state index in [0.29, 0.717) is 34.1 Å². The van der Waals surface area contributed by atoms with Gasteiger partial charge in [-0.1, -0.05) is 48.4 Å². The number of nitrogens with zero attached hydrogens (tertiary/aromatic N) is 2. The molecule has 2 aromatic carbocycles. The van der Waals surface area contributed by atoms with Crippen LogP contribution in [0.25, 0.3) is 0 Å². The van der Waals surface area contributed by atoms with Gasteiger partial charge in [0.25, 0.3) is 5.91 Å². The molecule has 0 aliphatic carbocycles. The molecule has 4 rings (SSSR count). The molecule has 2 N–H and O–H groups in total. The van der Waals surface area contributed by atoms with E-state index in [1.165, 1.54) is 12.0 Å². The van der Waals surface area contributed by atoms with Gasteiger partial charge in [-0.2, -0.15) is 0 Å². The van der Waals surface area contributed by atoms with Crippen molar-refractivity contribution in [2.24, 2.45) is 0 Å². The molecule has 148 valence electrons. The van der Waals surface area contributed by atoms with Crippen LogP contribution in [-0.4, -0.2) is 48.0 Å². The van der Waals surface area contributed by atoms with Crippen LogP contribution in [0, 0.1) is 0 Å². The Morgan fingerprint density at radius 2 is 1.86 bits per heavy atom. The van der Waals surface area contributed by atoms with Crippen LogP contribution in [0.5, 0.6) is 5.75 Å². The minimum Gasteiger partial charge on any atom is -0.496 e. The number of likely N-dealkylation sites (tertiary alicyclic amines) is 1. The van der Waals surface area contributed by atoms with Gasteiger partial charge in [-0.05, 0) is 24.5 Å². The number of benzene rings is 2. The number of fused-ring (bicyclic) bond motifs is 2. The molecule has 0 spiro atoms. The van der Waals surface area contributed by atoms with Crippen molar-refractivity contribution in [3.8, 4) is 5.75 Å². The lowest BCUT2D eigenvalue weighted by Gasteiger charge is -2.50. The van der Waals surface area contributed by atoms with Gasteiger partial charge >= 0.3 is 0 Å². The van der Waals surface area contributed by atoms with E-state index in [-0.39, 0.29) is 5.91 Å². The van der Waals surface area contributed by atoms with Gasteiger partial charge in [-0.3, -0.25) is 9.69 Å². The molecule has 0 saturated carbocycles. The molecular weight excluding hydrogens is 374 g/mol. The molecule has 2 fully saturated rings. The van der Waals surface area contributed by atoms with Crippen molar-refractivity contribution in [2.45, 2.75) is 37.9 Å². The Kier molecular flexibility index (Phi) is 5.47. The Hall–Kier alpha value is -2.24. The van der Waals surface area contributed by atoms with E-state index in [1.807, 2.05) is 11.0 Å². The summed E-state index contributed by atoms with van der Waals surface area (Å²) in [5.41, 5.74) is 8.09. The van der Waals surface area contributed by atoms with Crippen molar-refractivity contribution in [3.63, 3.8) is 0 Å². The summed E-state index contributed by atoms with van der Waals surface area (Å²) in [6, 6.07) is 14.6. The lowest BCUT2D eigenvalue weighted by molar-refractivity contribution is -0.00930. The molecule has 0 radical (unpaired) electrons. The highest BCUT2D eigenvalue weighted by Gasteiger charge is 2.39. The van der Waals surface area contributed by atoms with Crippen LogP contribution in [0.15, 0.2) is 42.5 Å². The Morgan fingerprint density at radius 1 is 1.18 bits per heavy atom. The fourth-order valence-electron chi connectivity index (χ4n) is 4.49. The predicted octanol–water partition coefficient (Wildman–Crippen LogP) is 3.81. The molecule has 2 heterocycles. The lowest BCUT2D eigenvalue weighted by atomic mass is 9.90. The van der Waals surface area contributed by atoms with Gasteiger partial charge in [-0.25, -0.2) is 0 Å². The van der Waals surface area contributed by atoms with Crippen molar-refractivity contribution in [1.82, 2.24) is 9.80 Å². The van der Waals surface area contributed by atoms with Crippen LogP contribution in [0.2, 0.25) is 5.02 Å². The summed E-state index contributed by atoms with van der Waals surface area (Å²) in [5.74, 6) is 0.443. The standard InChI is InChI=1S/C22H26ClN3O2/c1-28-21-11-20(24)19(23)10-18(21)22(27)25-13-16-8-5-9-17(14-25)26(16)12-15-6-3-2-4-7-15/h2-4,6-7,10-11,16-17H,5,8-9,12-14,24H2,1H3. The number of carbonyl (C=O) groups is 1. The third-order valence-corrected chi connectivity index (χ3v) is 6.25. The van der Waals surface area contributed by atoms with Crippen LogP contribution < -0.4 is 10.5 Å². The molecular formula is C22H26ClN3O2. The molecule has 2 aromatic rings. The zero-order chi connectivity index (χ0) is 19.7. The van der Waals surface area contributed by atoms with Crippen LogP contribution in [0.1, 0.15) is 35.2 Å². The maximum absolute atomic E-state index is 13.3. The second-order valence-electron chi connectivity index (χ2n) is 7.68. The van der Waals surface area contributed by atoms with E-state index < -0.39 is 0 Å². The first-order valence-corrected chi connectivity index (χ1v) is 10.2. The molecule has 2 bridgehead atoms. The summed E-state index contributed by atoms with van der Waals surface area (Å²) >= 11 is 6.18. The number of rotatable bonds is 4. The molecule has 5 nitrogen and oxygen atoms in total. The number of amides is 1. The number of nitrogens with two attached hydrogens (primary N) is 1. The lowest BCUT2D eigenvalue weighted by Crippen LogP contribution is -2.61. The van der Waals surface area contributed by atoms with Gasteiger partial charge in [0.15, 0.2) is 0 Å². The Bertz CT molecular complexity index is 844. The normalized spacial score (nSPS) is 22.1. The van der Waals surface area contributed by atoms with Gasteiger partial charge in [0.1, 0.15) is 5.75 Å². The SMILES string of the molecule is COc1cc(N)c(Cl)cc1C(=O)N1CC2CCCC(C1)N2Cc1ccccc1. The number of anilines is 1. The summed E-state index contributed by atoms with van der Waals surface area (Å²) < 4.78 is 5.39. The molecule has 2 saturated heterocycles. The van der Waals surface area contributed by atoms with E-state index in [2.05, 4.69) is 29.2 Å². The highest BCUT2D eigenvalue weighted by Crippen LogP contribution is 2.34. The number of methoxy groups -OCH3 is 1. The Morgan fingerprint density at radius 3 is 2.50 bits per heavy atom. The second-order valence-corrected chi connectivity index (χ2v) is 8.09. The first-order valence-electron chi connectivity index (χ1n) is 9.78. The molecule has 0 aromatic heterocycles. The van der Waals surface area contributed by atoms with Crippen molar-refractivity contribution >= 4 is 23.2 Å². The number of hydrogen-bond donors (Lipinski definition) is 1. The number of piperazine rings is 1. The number of piperidine rings is 1. The summed E-state index contributed by atoms with van der Waals surface area (Å²) in [7, 11) is 1.55. The summed E-state index contributed by atoms with van der Waals surface area (Å²) in [6.07, 6.45) is 3.46. The Balaban J connectivity index is 1.54. The molecule has 28 heavy (non-hydrogen) atoms. The first kappa shape index (κ1) is 19.1. The average Bonchev–Trinajstić information content (AvgIpc) is 2.69. The van der Waals surface area contributed by atoms with E-state index in [9.17, 15) is 4.79 Å². The number of ether oxygens (including phenoxy) is 1. The number of halogens is 1. The number of carbonyl (C=O) groups excluding carboxylic acids is 1. The molecule has 2 unspecified atom stereocenters. The summed E-state index contributed by atoms with van der Waals surface area (Å²) in [4.78, 5) is 17.8. The van der Waals surface area contributed by atoms with Crippen LogP contribution >= 0.6 is 11.6 Å². The number of nitrogen functional groups attached to an aromatic ring is 1. The monoisotopic (exact) mass is 399 g/mol. The maximum atomic E-state index is 13.3. The predicted molar refractivity (Wildman–Crippen MR) is 112 cm³/mol. The summed E-state index contributed by atoms with van der Waals surface area (Å²) in [5, 5.41) is 0.382. The quantitative estimate of drug-likeness (QED) is 0.794. The van der Waals surface area contributed by atoms with Gasteiger partial charge in [0.2, 0.25) is 0 Å². The molecule has 2 aliphatic rings. The van der Waals surface area contributed by atoms with E-state index in [4.69, 9.17) is 22.1 Å². The zero-order valence-electron chi connectivity index (χ0n) is 16.1. The van der Waals surface area contributed by atoms with Crippen LogP contribution in [-0.2, 0) is 6.54 Å². The Labute approximate surface area is 171 Å². The summed E-state index contributed by atoms with van der Waals surface area (Å²) in [6.45, 7) is 2.40. The molecule has 2 aliphatic heterocycles. The van der Waals surface area contributed by atoms with E-state index >= 15 is 0 Å². The molecule has 1 amide bonds. The zero-order valence-corrected chi connectivity index (χ0v) is 16.9. The van der Waals surface area contributed by atoms with Gasteiger partial charge in [0.05, 0.1) is 23.4 Å². The van der Waals surface area contributed by atoms with Gasteiger partial charge < -0.3 is 15.4 Å². The fraction of sp³-hybridized carbons (Fsp3) is 0.409. The minimum absolute atomic E-state index is 0.0324. The second kappa shape index (κ2) is 8.02. The first-order chi connectivity index (χ1) is 13.6. The average molecular weight is 400 g/mol. The van der Waals surface area contributed by atoms with Crippen molar-refractivity contribution in [3.05, 3.63) is 58.6 Å². The van der Waals surface area contributed by atoms with Crippen molar-refractivity contribution in [1.29, 1.82) is 0 Å². The third-order valence-electron chi connectivity index (χ3n) is 5.92. The minimum atomic E-state index is -0.0324. The fourth-order valence-corrected chi connectivity index (χ4v) is 4.65. The third kappa shape index (κ3) is 3.69. The maximum Gasteiger partial charge on any atom is 0.257 e. The smallest absolute Gasteiger partial charge is 0.257 e. The van der Waals surface area contributed by atoms with Gasteiger partial charge in [-0.15, -0.1) is 0 Å². The van der Waals surface area contributed by atoms with Crippen molar-refractivity contribution < 1.29 is 9.53 Å². The van der Waals surface area contributed by atoms with Gasteiger partial charge in [0, 0.05) is 37.8 Å². The van der Waals surface area contributed by atoms with E-state index in [0.717, 1.165) is 32.5 Å². The highest BCUT2D eigenvalue weighted by atomic mass is 35.5. The number of hydrogen-bond acceptors (Lipinski definition) is 4. The molecule has 6 heteroatoms. The topological polar surface area (TPSA) is 58.8 Å². The van der Waals surface area contributed by atoms with Crippen molar-refractivity contribution in [2.75, 3.05) is 25.9 Å². The molecule has 2 atom stereocenters. The van der Waals surface area contributed by atoms with Crippen LogP contribution in [0.4, 0.5) is 5.69 Å². The largest absolute Gasteiger partial charge is 0.496 e. The highest BCUT2D eigenvalue weighted by molar-refractivity contribution is 6.33. The van der Waals surface area contributed by atoms with E-state index in [1.54, 1.807) is 19.2 Å².